The molecule has 4 rings (SSSR count). The van der Waals surface area contributed by atoms with Crippen molar-refractivity contribution < 1.29 is 0 Å². The number of fused-ring (bicyclic) bond motifs is 1. The van der Waals surface area contributed by atoms with E-state index in [0.717, 1.165) is 39.4 Å². The van der Waals surface area contributed by atoms with Gasteiger partial charge in [-0.15, -0.1) is 0 Å². The Balaban J connectivity index is 1.62. The lowest BCUT2D eigenvalue weighted by Crippen LogP contribution is -2.00. The molecular weight excluding hydrogens is 376 g/mol. The zero-order chi connectivity index (χ0) is 17.2. The smallest absolute Gasteiger partial charge is 0.160 e. The van der Waals surface area contributed by atoms with Crippen LogP contribution in [0.3, 0.4) is 0 Å². The molecule has 5 heteroatoms. The Morgan fingerprint density at radius 1 is 0.840 bits per heavy atom. The lowest BCUT2D eigenvalue weighted by atomic mass is 10.1. The van der Waals surface area contributed by atoms with E-state index in [0.29, 0.717) is 6.54 Å². The second-order valence-electron chi connectivity index (χ2n) is 5.96. The van der Waals surface area contributed by atoms with Crippen molar-refractivity contribution in [1.29, 1.82) is 0 Å². The summed E-state index contributed by atoms with van der Waals surface area (Å²) in [5.41, 5.74) is 10.8. The van der Waals surface area contributed by atoms with Gasteiger partial charge in [0, 0.05) is 35.5 Å². The number of benzene rings is 2. The topological polar surface area (TPSA) is 56.7 Å². The van der Waals surface area contributed by atoms with Crippen LogP contribution in [-0.4, -0.2) is 14.5 Å². The highest BCUT2D eigenvalue weighted by Gasteiger charge is 2.12. The van der Waals surface area contributed by atoms with Crippen molar-refractivity contribution in [3.63, 3.8) is 0 Å². The lowest BCUT2D eigenvalue weighted by molar-refractivity contribution is 0.789. The summed E-state index contributed by atoms with van der Waals surface area (Å²) in [5, 5.41) is 0. The first-order valence-corrected chi connectivity index (χ1v) is 8.88. The highest BCUT2D eigenvalue weighted by Crippen LogP contribution is 2.25. The Kier molecular flexibility index (Phi) is 4.34. The van der Waals surface area contributed by atoms with Crippen molar-refractivity contribution >= 4 is 15.9 Å². The Morgan fingerprint density at radius 2 is 1.52 bits per heavy atom. The molecule has 0 saturated heterocycles. The molecule has 25 heavy (non-hydrogen) atoms. The van der Waals surface area contributed by atoms with Crippen LogP contribution in [0.1, 0.15) is 11.1 Å². The molecule has 0 radical (unpaired) electrons. The van der Waals surface area contributed by atoms with Crippen molar-refractivity contribution in [2.45, 2.75) is 13.1 Å². The van der Waals surface area contributed by atoms with Gasteiger partial charge in [0.1, 0.15) is 5.69 Å². The molecule has 4 nitrogen and oxygen atoms in total. The van der Waals surface area contributed by atoms with Gasteiger partial charge in [0.25, 0.3) is 0 Å². The summed E-state index contributed by atoms with van der Waals surface area (Å²) in [7, 11) is 0. The molecule has 0 amide bonds. The molecule has 2 aromatic rings. The van der Waals surface area contributed by atoms with Gasteiger partial charge in [-0.05, 0) is 29.3 Å². The monoisotopic (exact) mass is 392 g/mol. The molecule has 124 valence electrons. The molecule has 0 aliphatic carbocycles. The number of hydrogen-bond acceptors (Lipinski definition) is 3. The molecule has 0 unspecified atom stereocenters. The number of nitrogens with two attached hydrogens (primary N) is 1. The molecule has 0 fully saturated rings. The van der Waals surface area contributed by atoms with Crippen LogP contribution in [0, 0.1) is 0 Å². The van der Waals surface area contributed by atoms with Crippen molar-refractivity contribution in [3.05, 3.63) is 82.6 Å². The van der Waals surface area contributed by atoms with Crippen molar-refractivity contribution in [2.75, 3.05) is 0 Å². The highest BCUT2D eigenvalue weighted by atomic mass is 79.9. The van der Waals surface area contributed by atoms with Gasteiger partial charge in [-0.3, -0.25) is 0 Å². The molecule has 2 aromatic carbocycles. The largest absolute Gasteiger partial charge is 0.348 e. The van der Waals surface area contributed by atoms with E-state index in [-0.39, 0.29) is 0 Å². The maximum atomic E-state index is 5.65. The third kappa shape index (κ3) is 3.48. The zero-order valence-electron chi connectivity index (χ0n) is 13.6. The Morgan fingerprint density at radius 3 is 2.24 bits per heavy atom. The minimum absolute atomic E-state index is 0.542. The number of imidazole rings is 1. The molecule has 2 N–H and O–H groups in total. The highest BCUT2D eigenvalue weighted by molar-refractivity contribution is 9.10. The quantitative estimate of drug-likeness (QED) is 0.562. The molecule has 0 saturated carbocycles. The summed E-state index contributed by atoms with van der Waals surface area (Å²) in [6.45, 7) is 1.34. The maximum absolute atomic E-state index is 5.65. The Hall–Kier alpha value is -2.50. The summed E-state index contributed by atoms with van der Waals surface area (Å²) in [4.78, 5) is 9.32. The summed E-state index contributed by atoms with van der Waals surface area (Å²) in [6, 6.07) is 18.4. The third-order valence-electron chi connectivity index (χ3n) is 4.15. The predicted octanol–water partition coefficient (Wildman–Crippen LogP) is 4.32. The number of aromatic nitrogens is 3. The van der Waals surface area contributed by atoms with E-state index in [9.17, 15) is 0 Å². The molecule has 2 aliphatic heterocycles. The van der Waals surface area contributed by atoms with Crippen LogP contribution in [0.25, 0.3) is 22.8 Å². The summed E-state index contributed by atoms with van der Waals surface area (Å²) in [5.74, 6) is 0.750. The molecule has 2 aliphatic rings. The van der Waals surface area contributed by atoms with Gasteiger partial charge in [0.2, 0.25) is 0 Å². The number of hydrogen-bond donors (Lipinski definition) is 1. The fraction of sp³-hybridized carbons (Fsp3) is 0.100. The van der Waals surface area contributed by atoms with Gasteiger partial charge in [-0.2, -0.15) is 0 Å². The Bertz CT molecular complexity index is 958. The molecule has 2 heterocycles. The average molecular weight is 393 g/mol. The lowest BCUT2D eigenvalue weighted by Gasteiger charge is -2.08. The van der Waals surface area contributed by atoms with Crippen LogP contribution in [0.15, 0.2) is 71.5 Å². The van der Waals surface area contributed by atoms with E-state index in [1.54, 1.807) is 0 Å². The molecular formula is C20H17BrN4. The molecule has 0 spiro atoms. The van der Waals surface area contributed by atoms with E-state index >= 15 is 0 Å². The number of nitrogens with zero attached hydrogens (tertiary/aromatic N) is 3. The van der Waals surface area contributed by atoms with Crippen LogP contribution < -0.4 is 5.73 Å². The Labute approximate surface area is 154 Å². The van der Waals surface area contributed by atoms with Crippen LogP contribution in [0.5, 0.6) is 0 Å². The summed E-state index contributed by atoms with van der Waals surface area (Å²) < 4.78 is 3.21. The van der Waals surface area contributed by atoms with E-state index in [1.807, 2.05) is 42.7 Å². The van der Waals surface area contributed by atoms with Gasteiger partial charge in [-0.1, -0.05) is 52.3 Å². The molecule has 0 bridgehead atoms. The first-order chi connectivity index (χ1) is 12.2. The van der Waals surface area contributed by atoms with Crippen molar-refractivity contribution in [2.24, 2.45) is 5.73 Å². The van der Waals surface area contributed by atoms with Crippen molar-refractivity contribution in [3.8, 4) is 22.8 Å². The predicted molar refractivity (Wildman–Crippen MR) is 103 cm³/mol. The summed E-state index contributed by atoms with van der Waals surface area (Å²) in [6.07, 6.45) is 4.09. The first kappa shape index (κ1) is 16.0. The van der Waals surface area contributed by atoms with E-state index in [2.05, 4.69) is 54.7 Å². The minimum atomic E-state index is 0.542. The van der Waals surface area contributed by atoms with E-state index in [1.165, 1.54) is 5.56 Å². The summed E-state index contributed by atoms with van der Waals surface area (Å²) >= 11 is 3.47. The number of pyridine rings is 1. The fourth-order valence-corrected chi connectivity index (χ4v) is 3.03. The average Bonchev–Trinajstić information content (AvgIpc) is 3.07. The fourth-order valence-electron chi connectivity index (χ4n) is 2.77. The standard InChI is InChI=1S/C20H17BrN4/c21-17-7-3-15(4-8-17)12-25-10-9-18-19(13-25)24-20(23-18)16-5-1-14(11-22)2-6-16/h1-10,13H,11-12,22H2. The van der Waals surface area contributed by atoms with Gasteiger partial charge < -0.3 is 10.3 Å². The van der Waals surface area contributed by atoms with Crippen molar-refractivity contribution in [1.82, 2.24) is 14.5 Å². The van der Waals surface area contributed by atoms with Crippen LogP contribution in [0.2, 0.25) is 0 Å². The van der Waals surface area contributed by atoms with Gasteiger partial charge in [-0.25, -0.2) is 9.97 Å². The van der Waals surface area contributed by atoms with Crippen LogP contribution in [0.4, 0.5) is 0 Å². The van der Waals surface area contributed by atoms with Crippen LogP contribution >= 0.6 is 15.9 Å². The van der Waals surface area contributed by atoms with Crippen LogP contribution in [-0.2, 0) is 13.1 Å². The van der Waals surface area contributed by atoms with Gasteiger partial charge in [0.15, 0.2) is 5.82 Å². The number of halogens is 1. The second-order valence-corrected chi connectivity index (χ2v) is 6.88. The van der Waals surface area contributed by atoms with E-state index in [4.69, 9.17) is 5.73 Å². The SMILES string of the molecule is NCc1ccc(-c2nc3ccn(Cc4ccc(Br)cc4)cc-3n2)cc1. The maximum Gasteiger partial charge on any atom is 0.160 e. The molecule has 0 aromatic heterocycles. The first-order valence-electron chi connectivity index (χ1n) is 8.08. The van der Waals surface area contributed by atoms with Gasteiger partial charge in [0.05, 0.1) is 5.69 Å². The normalized spacial score (nSPS) is 11.1. The third-order valence-corrected chi connectivity index (χ3v) is 4.68. The minimum Gasteiger partial charge on any atom is -0.348 e. The second kappa shape index (κ2) is 6.78. The molecule has 0 atom stereocenters. The zero-order valence-corrected chi connectivity index (χ0v) is 15.1. The number of rotatable bonds is 4. The van der Waals surface area contributed by atoms with Gasteiger partial charge >= 0.3 is 0 Å². The van der Waals surface area contributed by atoms with E-state index < -0.39 is 0 Å².